The van der Waals surface area contributed by atoms with Gasteiger partial charge in [0.05, 0.1) is 6.20 Å². The number of hydrogen-bond acceptors (Lipinski definition) is 3. The first-order valence-electron chi connectivity index (χ1n) is 3.03. The van der Waals surface area contributed by atoms with Crippen molar-refractivity contribution < 1.29 is 4.52 Å². The molecular weight excluding hydrogens is 116 g/mol. The molecule has 0 atom stereocenters. The Labute approximate surface area is 53.8 Å². The summed E-state index contributed by atoms with van der Waals surface area (Å²) in [6, 6.07) is 0. The first-order valence-corrected chi connectivity index (χ1v) is 3.03. The maximum atomic E-state index is 5.40. The monoisotopic (exact) mass is 126 g/mol. The van der Waals surface area contributed by atoms with Crippen LogP contribution in [0.1, 0.15) is 18.9 Å². The van der Waals surface area contributed by atoms with Crippen LogP contribution >= 0.6 is 0 Å². The van der Waals surface area contributed by atoms with Crippen LogP contribution in [0.3, 0.4) is 0 Å². The molecule has 50 valence electrons. The predicted molar refractivity (Wildman–Crippen MR) is 34.9 cm³/mol. The summed E-state index contributed by atoms with van der Waals surface area (Å²) in [7, 11) is 0. The van der Waals surface area contributed by atoms with E-state index in [-0.39, 0.29) is 0 Å². The second kappa shape index (κ2) is 2.53. The van der Waals surface area contributed by atoms with E-state index in [0.29, 0.717) is 5.88 Å². The van der Waals surface area contributed by atoms with E-state index in [1.54, 1.807) is 6.20 Å². The molecule has 1 rings (SSSR count). The molecular formula is C6H10N2O. The number of nitrogens with two attached hydrogens (primary N) is 1. The van der Waals surface area contributed by atoms with Crippen LogP contribution in [0.5, 0.6) is 0 Å². The van der Waals surface area contributed by atoms with Crippen molar-refractivity contribution in [3.63, 3.8) is 0 Å². The Morgan fingerprint density at radius 1 is 1.78 bits per heavy atom. The Hall–Kier alpha value is -0.990. The Kier molecular flexibility index (Phi) is 1.72. The number of aromatic nitrogens is 1. The highest BCUT2D eigenvalue weighted by Crippen LogP contribution is 2.10. The van der Waals surface area contributed by atoms with E-state index in [1.807, 2.05) is 0 Å². The molecule has 0 amide bonds. The lowest BCUT2D eigenvalue weighted by Crippen LogP contribution is -1.87. The number of aryl methyl sites for hydroxylation is 1. The molecule has 1 aromatic heterocycles. The van der Waals surface area contributed by atoms with Gasteiger partial charge in [0.1, 0.15) is 0 Å². The third kappa shape index (κ3) is 1.22. The molecule has 0 fully saturated rings. The van der Waals surface area contributed by atoms with Gasteiger partial charge in [0, 0.05) is 5.56 Å². The van der Waals surface area contributed by atoms with Crippen LogP contribution in [0.2, 0.25) is 0 Å². The zero-order chi connectivity index (χ0) is 6.69. The average molecular weight is 126 g/mol. The molecule has 3 nitrogen and oxygen atoms in total. The first-order chi connectivity index (χ1) is 4.34. The summed E-state index contributed by atoms with van der Waals surface area (Å²) in [5.41, 5.74) is 6.41. The molecule has 0 unspecified atom stereocenters. The van der Waals surface area contributed by atoms with Crippen LogP contribution in [0.25, 0.3) is 0 Å². The molecule has 0 aromatic carbocycles. The summed E-state index contributed by atoms with van der Waals surface area (Å²) < 4.78 is 4.64. The van der Waals surface area contributed by atoms with Gasteiger partial charge in [-0.2, -0.15) is 0 Å². The summed E-state index contributed by atoms with van der Waals surface area (Å²) in [6.07, 6.45) is 3.69. The van der Waals surface area contributed by atoms with Crippen LogP contribution < -0.4 is 5.73 Å². The third-order valence-corrected chi connectivity index (χ3v) is 1.20. The Balaban J connectivity index is 2.69. The average Bonchev–Trinajstić information content (AvgIpc) is 2.18. The van der Waals surface area contributed by atoms with Crippen LogP contribution in [0.15, 0.2) is 10.7 Å². The van der Waals surface area contributed by atoms with E-state index in [1.165, 1.54) is 0 Å². The molecule has 0 aliphatic rings. The van der Waals surface area contributed by atoms with Gasteiger partial charge in [0.2, 0.25) is 5.88 Å². The summed E-state index contributed by atoms with van der Waals surface area (Å²) in [5.74, 6) is 0.455. The second-order valence-electron chi connectivity index (χ2n) is 1.97. The molecule has 0 saturated heterocycles. The summed E-state index contributed by atoms with van der Waals surface area (Å²) >= 11 is 0. The standard InChI is InChI=1S/C6H10N2O/c1-2-3-5-4-8-9-6(5)7/h4H,2-3,7H2,1H3. The van der Waals surface area contributed by atoms with Crippen molar-refractivity contribution in [1.29, 1.82) is 0 Å². The van der Waals surface area contributed by atoms with E-state index in [0.717, 1.165) is 18.4 Å². The Morgan fingerprint density at radius 2 is 2.56 bits per heavy atom. The molecule has 3 heteroatoms. The van der Waals surface area contributed by atoms with Crippen molar-refractivity contribution in [2.45, 2.75) is 19.8 Å². The molecule has 0 aliphatic carbocycles. The topological polar surface area (TPSA) is 52.0 Å². The fraction of sp³-hybridized carbons (Fsp3) is 0.500. The summed E-state index contributed by atoms with van der Waals surface area (Å²) in [4.78, 5) is 0. The SMILES string of the molecule is CCCc1cnoc1N. The van der Waals surface area contributed by atoms with Crippen molar-refractivity contribution in [3.8, 4) is 0 Å². The summed E-state index contributed by atoms with van der Waals surface area (Å²) in [6.45, 7) is 2.09. The third-order valence-electron chi connectivity index (χ3n) is 1.20. The van der Waals surface area contributed by atoms with Crippen molar-refractivity contribution in [1.82, 2.24) is 5.16 Å². The van der Waals surface area contributed by atoms with E-state index in [9.17, 15) is 0 Å². The number of nitrogen functional groups attached to an aromatic ring is 1. The van der Waals surface area contributed by atoms with Crippen LogP contribution in [0, 0.1) is 0 Å². The highest BCUT2D eigenvalue weighted by molar-refractivity contribution is 5.32. The van der Waals surface area contributed by atoms with Crippen LogP contribution in [0.4, 0.5) is 5.88 Å². The van der Waals surface area contributed by atoms with E-state index in [2.05, 4.69) is 16.6 Å². The van der Waals surface area contributed by atoms with Gasteiger partial charge in [-0.3, -0.25) is 0 Å². The molecule has 0 saturated carbocycles. The van der Waals surface area contributed by atoms with Crippen molar-refractivity contribution in [3.05, 3.63) is 11.8 Å². The van der Waals surface area contributed by atoms with Gasteiger partial charge in [-0.15, -0.1) is 0 Å². The van der Waals surface area contributed by atoms with Crippen LogP contribution in [-0.4, -0.2) is 5.16 Å². The fourth-order valence-electron chi connectivity index (χ4n) is 0.726. The summed E-state index contributed by atoms with van der Waals surface area (Å²) in [5, 5.41) is 3.54. The van der Waals surface area contributed by atoms with Gasteiger partial charge in [-0.1, -0.05) is 18.5 Å². The molecule has 0 radical (unpaired) electrons. The minimum absolute atomic E-state index is 0.455. The minimum atomic E-state index is 0.455. The predicted octanol–water partition coefficient (Wildman–Crippen LogP) is 1.21. The molecule has 1 heterocycles. The van der Waals surface area contributed by atoms with E-state index >= 15 is 0 Å². The van der Waals surface area contributed by atoms with Crippen LogP contribution in [-0.2, 0) is 6.42 Å². The second-order valence-corrected chi connectivity index (χ2v) is 1.97. The molecule has 2 N–H and O–H groups in total. The minimum Gasteiger partial charge on any atom is -0.367 e. The van der Waals surface area contributed by atoms with E-state index in [4.69, 9.17) is 5.73 Å². The van der Waals surface area contributed by atoms with Gasteiger partial charge in [-0.05, 0) is 6.42 Å². The first kappa shape index (κ1) is 6.13. The molecule has 0 aliphatic heterocycles. The van der Waals surface area contributed by atoms with Gasteiger partial charge in [-0.25, -0.2) is 0 Å². The van der Waals surface area contributed by atoms with Gasteiger partial charge >= 0.3 is 0 Å². The highest BCUT2D eigenvalue weighted by Gasteiger charge is 1.99. The normalized spacial score (nSPS) is 9.89. The van der Waals surface area contributed by atoms with Crippen molar-refractivity contribution in [2.75, 3.05) is 5.73 Å². The highest BCUT2D eigenvalue weighted by atomic mass is 16.5. The Bertz CT molecular complexity index is 183. The lowest BCUT2D eigenvalue weighted by atomic mass is 10.2. The van der Waals surface area contributed by atoms with Gasteiger partial charge in [0.15, 0.2) is 0 Å². The molecule has 0 bridgehead atoms. The largest absolute Gasteiger partial charge is 0.367 e. The number of anilines is 1. The van der Waals surface area contributed by atoms with Crippen molar-refractivity contribution in [2.24, 2.45) is 0 Å². The zero-order valence-corrected chi connectivity index (χ0v) is 5.42. The molecule has 0 spiro atoms. The number of hydrogen-bond donors (Lipinski definition) is 1. The van der Waals surface area contributed by atoms with Gasteiger partial charge in [0.25, 0.3) is 0 Å². The number of nitrogens with zero attached hydrogens (tertiary/aromatic N) is 1. The maximum absolute atomic E-state index is 5.40. The van der Waals surface area contributed by atoms with E-state index < -0.39 is 0 Å². The quantitative estimate of drug-likeness (QED) is 0.648. The van der Waals surface area contributed by atoms with Crippen molar-refractivity contribution >= 4 is 5.88 Å². The lowest BCUT2D eigenvalue weighted by Gasteiger charge is -1.88. The molecule has 9 heavy (non-hydrogen) atoms. The Morgan fingerprint density at radius 3 is 3.00 bits per heavy atom. The smallest absolute Gasteiger partial charge is 0.225 e. The molecule has 1 aromatic rings. The lowest BCUT2D eigenvalue weighted by molar-refractivity contribution is 0.436. The fourth-order valence-corrected chi connectivity index (χ4v) is 0.726. The maximum Gasteiger partial charge on any atom is 0.225 e. The van der Waals surface area contributed by atoms with Gasteiger partial charge < -0.3 is 10.3 Å². The number of rotatable bonds is 2. The zero-order valence-electron chi connectivity index (χ0n) is 5.42.